The van der Waals surface area contributed by atoms with E-state index in [1.807, 2.05) is 0 Å². The summed E-state index contributed by atoms with van der Waals surface area (Å²) in [7, 11) is 0. The number of allylic oxidation sites excluding steroid dienone is 4. The molecule has 0 N–H and O–H groups in total. The summed E-state index contributed by atoms with van der Waals surface area (Å²) in [5.41, 5.74) is 0. The number of hydrogen-bond acceptors (Lipinski definition) is 6. The second kappa shape index (κ2) is 67.4. The Hall–Kier alpha value is -2.11. The number of carbonyl (C=O) groups is 3. The molecule has 1 atom stereocenters. The fourth-order valence-corrected chi connectivity index (χ4v) is 10.8. The molecule has 0 bridgehead atoms. The van der Waals surface area contributed by atoms with E-state index in [0.29, 0.717) is 19.3 Å². The molecule has 0 aliphatic carbocycles. The summed E-state index contributed by atoms with van der Waals surface area (Å²) in [6.07, 6.45) is 82.3. The van der Waals surface area contributed by atoms with Crippen LogP contribution in [0.15, 0.2) is 24.3 Å². The van der Waals surface area contributed by atoms with Gasteiger partial charge in [-0.05, 0) is 64.2 Å². The molecule has 1 unspecified atom stereocenters. The lowest BCUT2D eigenvalue weighted by atomic mass is 10.0. The fraction of sp³-hybridized carbons (Fsp3) is 0.903. The smallest absolute Gasteiger partial charge is 0.306 e. The van der Waals surface area contributed by atoms with Gasteiger partial charge in [-0.25, -0.2) is 0 Å². The predicted molar refractivity (Wildman–Crippen MR) is 340 cm³/mol. The molecule has 0 heterocycles. The lowest BCUT2D eigenvalue weighted by molar-refractivity contribution is -0.167. The first-order valence-electron chi connectivity index (χ1n) is 35.3. The molecule has 0 aromatic rings. The van der Waals surface area contributed by atoms with E-state index in [1.165, 1.54) is 295 Å². The van der Waals surface area contributed by atoms with Crippen LogP contribution in [0.4, 0.5) is 0 Å². The van der Waals surface area contributed by atoms with Crippen molar-refractivity contribution >= 4 is 17.9 Å². The van der Waals surface area contributed by atoms with Gasteiger partial charge < -0.3 is 14.2 Å². The van der Waals surface area contributed by atoms with Crippen LogP contribution in [-0.4, -0.2) is 37.2 Å². The van der Waals surface area contributed by atoms with Crippen LogP contribution in [0.2, 0.25) is 0 Å². The second-order valence-corrected chi connectivity index (χ2v) is 24.1. The zero-order valence-corrected chi connectivity index (χ0v) is 53.0. The summed E-state index contributed by atoms with van der Waals surface area (Å²) in [6, 6.07) is 0. The third-order valence-corrected chi connectivity index (χ3v) is 16.2. The molecule has 0 amide bonds. The highest BCUT2D eigenvalue weighted by molar-refractivity contribution is 5.71. The quantitative estimate of drug-likeness (QED) is 0.0261. The minimum atomic E-state index is -0.773. The number of hydrogen-bond donors (Lipinski definition) is 0. The first-order chi connectivity index (χ1) is 38.5. The predicted octanol–water partition coefficient (Wildman–Crippen LogP) is 24.2. The Kier molecular flexibility index (Phi) is 65.6. The Morgan fingerprint density at radius 1 is 0.244 bits per heavy atom. The van der Waals surface area contributed by atoms with Gasteiger partial charge in [0.2, 0.25) is 0 Å². The molecule has 0 aromatic heterocycles. The lowest BCUT2D eigenvalue weighted by Gasteiger charge is -2.18. The largest absolute Gasteiger partial charge is 0.462 e. The first kappa shape index (κ1) is 75.9. The van der Waals surface area contributed by atoms with Crippen molar-refractivity contribution in [3.05, 3.63) is 24.3 Å². The maximum absolute atomic E-state index is 12.9. The Labute approximate surface area is 487 Å². The van der Waals surface area contributed by atoms with Gasteiger partial charge in [0.05, 0.1) is 0 Å². The van der Waals surface area contributed by atoms with Crippen molar-refractivity contribution in [2.75, 3.05) is 13.2 Å². The zero-order valence-electron chi connectivity index (χ0n) is 53.0. The molecule has 0 saturated heterocycles. The average Bonchev–Trinajstić information content (AvgIpc) is 3.44. The second-order valence-electron chi connectivity index (χ2n) is 24.1. The molecule has 0 saturated carbocycles. The van der Waals surface area contributed by atoms with Crippen molar-refractivity contribution in [3.8, 4) is 0 Å². The summed E-state index contributed by atoms with van der Waals surface area (Å²) in [4.78, 5) is 38.3. The number of carbonyl (C=O) groups excluding carboxylic acids is 3. The summed E-state index contributed by atoms with van der Waals surface area (Å²) < 4.78 is 16.9. The van der Waals surface area contributed by atoms with Gasteiger partial charge in [0.1, 0.15) is 13.2 Å². The number of ether oxygens (including phenoxy) is 3. The SMILES string of the molecule is CCCC/C=C\CCCCCCCC(=O)OCC(COC(=O)CCCCCCCCCCCCCCCCCCCCCCCCCCCCCCCC)OC(=O)CCCCCCCCCCC/C=C\CCCCCCCC. The summed E-state index contributed by atoms with van der Waals surface area (Å²) >= 11 is 0. The Bertz CT molecular complexity index is 1260. The molecule has 0 rings (SSSR count). The molecular formula is C72H136O6. The topological polar surface area (TPSA) is 78.9 Å². The van der Waals surface area contributed by atoms with Crippen molar-refractivity contribution in [2.45, 2.75) is 406 Å². The van der Waals surface area contributed by atoms with Crippen molar-refractivity contribution < 1.29 is 28.6 Å². The highest BCUT2D eigenvalue weighted by Gasteiger charge is 2.19. The van der Waals surface area contributed by atoms with Crippen LogP contribution in [0.25, 0.3) is 0 Å². The molecule has 0 spiro atoms. The van der Waals surface area contributed by atoms with Crippen LogP contribution in [0, 0.1) is 0 Å². The van der Waals surface area contributed by atoms with E-state index in [4.69, 9.17) is 14.2 Å². The van der Waals surface area contributed by atoms with E-state index in [1.54, 1.807) is 0 Å². The third kappa shape index (κ3) is 64.7. The van der Waals surface area contributed by atoms with Gasteiger partial charge in [0.25, 0.3) is 0 Å². The molecule has 0 aliphatic heterocycles. The Morgan fingerprint density at radius 2 is 0.436 bits per heavy atom. The van der Waals surface area contributed by atoms with E-state index in [9.17, 15) is 14.4 Å². The van der Waals surface area contributed by atoms with Crippen LogP contribution in [-0.2, 0) is 28.6 Å². The molecular weight excluding hydrogens is 961 g/mol. The molecule has 6 heteroatoms. The van der Waals surface area contributed by atoms with E-state index >= 15 is 0 Å². The van der Waals surface area contributed by atoms with Crippen molar-refractivity contribution in [1.82, 2.24) is 0 Å². The van der Waals surface area contributed by atoms with Gasteiger partial charge in [-0.15, -0.1) is 0 Å². The van der Waals surface area contributed by atoms with Crippen molar-refractivity contribution in [1.29, 1.82) is 0 Å². The lowest BCUT2D eigenvalue weighted by Crippen LogP contribution is -2.30. The van der Waals surface area contributed by atoms with Crippen LogP contribution < -0.4 is 0 Å². The maximum Gasteiger partial charge on any atom is 0.306 e. The first-order valence-corrected chi connectivity index (χ1v) is 35.3. The normalized spacial score (nSPS) is 12.1. The molecule has 460 valence electrons. The van der Waals surface area contributed by atoms with Gasteiger partial charge in [-0.1, -0.05) is 340 Å². The molecule has 0 aliphatic rings. The summed E-state index contributed by atoms with van der Waals surface area (Å²) in [5, 5.41) is 0. The van der Waals surface area contributed by atoms with E-state index in [0.717, 1.165) is 64.2 Å². The number of unbranched alkanes of at least 4 members (excludes halogenated alkanes) is 51. The average molecular weight is 1100 g/mol. The zero-order chi connectivity index (χ0) is 56.4. The number of esters is 3. The van der Waals surface area contributed by atoms with E-state index in [2.05, 4.69) is 45.1 Å². The highest BCUT2D eigenvalue weighted by atomic mass is 16.6. The Morgan fingerprint density at radius 3 is 0.679 bits per heavy atom. The fourth-order valence-electron chi connectivity index (χ4n) is 10.8. The van der Waals surface area contributed by atoms with E-state index < -0.39 is 6.10 Å². The monoisotopic (exact) mass is 1100 g/mol. The van der Waals surface area contributed by atoms with Crippen molar-refractivity contribution in [2.24, 2.45) is 0 Å². The molecule has 0 fully saturated rings. The summed E-state index contributed by atoms with van der Waals surface area (Å²) in [5.74, 6) is -0.855. The minimum absolute atomic E-state index is 0.0696. The van der Waals surface area contributed by atoms with Gasteiger partial charge >= 0.3 is 17.9 Å². The van der Waals surface area contributed by atoms with Gasteiger partial charge in [-0.3, -0.25) is 14.4 Å². The van der Waals surface area contributed by atoms with Crippen LogP contribution in [0.5, 0.6) is 0 Å². The summed E-state index contributed by atoms with van der Waals surface area (Å²) in [6.45, 7) is 6.66. The Balaban J connectivity index is 4.10. The van der Waals surface area contributed by atoms with Crippen LogP contribution in [0.3, 0.4) is 0 Å². The van der Waals surface area contributed by atoms with E-state index in [-0.39, 0.29) is 31.1 Å². The molecule has 78 heavy (non-hydrogen) atoms. The van der Waals surface area contributed by atoms with Crippen LogP contribution >= 0.6 is 0 Å². The molecule has 0 aromatic carbocycles. The van der Waals surface area contributed by atoms with Gasteiger partial charge in [0.15, 0.2) is 6.10 Å². The highest BCUT2D eigenvalue weighted by Crippen LogP contribution is 2.19. The van der Waals surface area contributed by atoms with Crippen molar-refractivity contribution in [3.63, 3.8) is 0 Å². The standard InChI is InChI=1S/C72H136O6/c1-4-7-10-13-16-19-22-24-26-28-30-31-32-33-34-35-36-37-38-39-40-42-43-45-47-50-53-56-59-62-65-71(74)77-68-69(67-76-70(73)64-61-58-55-52-49-21-18-15-12-9-6-3)78-72(75)66-63-60-57-54-51-48-46-44-41-29-27-25-23-20-17-14-11-8-5-2/h15,18,25,27,69H,4-14,16-17,19-24,26,28-68H2,1-3H3/b18-15-,27-25-. The van der Waals surface area contributed by atoms with Crippen LogP contribution in [0.1, 0.15) is 400 Å². The molecule has 6 nitrogen and oxygen atoms in total. The van der Waals surface area contributed by atoms with Gasteiger partial charge in [-0.2, -0.15) is 0 Å². The third-order valence-electron chi connectivity index (χ3n) is 16.2. The maximum atomic E-state index is 12.9. The number of rotatable bonds is 66. The molecule has 0 radical (unpaired) electrons. The minimum Gasteiger partial charge on any atom is -0.462 e. The van der Waals surface area contributed by atoms with Gasteiger partial charge in [0, 0.05) is 19.3 Å².